The minimum atomic E-state index is -1.60. The molecule has 11 heteroatoms. The van der Waals surface area contributed by atoms with E-state index in [2.05, 4.69) is 15.2 Å². The van der Waals surface area contributed by atoms with Crippen LogP contribution in [0.1, 0.15) is 24.6 Å². The van der Waals surface area contributed by atoms with Gasteiger partial charge in [0.1, 0.15) is 11.5 Å². The summed E-state index contributed by atoms with van der Waals surface area (Å²) in [7, 11) is 1.54. The molecule has 1 aliphatic rings. The normalized spacial score (nSPS) is 17.3. The molecule has 4 aromatic rings. The number of halogens is 3. The largest absolute Gasteiger partial charge is 0.496 e. The fourth-order valence-corrected chi connectivity index (χ4v) is 4.32. The van der Waals surface area contributed by atoms with Crippen LogP contribution in [-0.2, 0) is 12.1 Å². The van der Waals surface area contributed by atoms with Crippen molar-refractivity contribution >= 4 is 0 Å². The van der Waals surface area contributed by atoms with Crippen LogP contribution in [0.5, 0.6) is 11.5 Å². The number of oxazole rings is 1. The Kier molecular flexibility index (Phi) is 5.72. The average molecular weight is 486 g/mol. The Balaban J connectivity index is 1.54. The number of aryl methyl sites for hydroxylation is 1. The molecule has 1 unspecified atom stereocenters. The lowest BCUT2D eigenvalue weighted by Crippen LogP contribution is -2.43. The molecule has 5 rings (SSSR count). The summed E-state index contributed by atoms with van der Waals surface area (Å²) in [6.45, 7) is 1.75. The van der Waals surface area contributed by atoms with Crippen molar-refractivity contribution in [2.75, 3.05) is 13.7 Å². The van der Waals surface area contributed by atoms with Gasteiger partial charge >= 0.3 is 0 Å². The SMILES string of the molecule is COc1cc(-c2nnc3n2CCCC3(CO)Oc2cc(F)c(F)c(F)c2)ccc1-c1cnc(C)o1. The molecule has 3 heterocycles. The number of nitrogens with zero attached hydrogens (tertiary/aromatic N) is 4. The first-order valence-electron chi connectivity index (χ1n) is 10.8. The molecule has 8 nitrogen and oxygen atoms in total. The van der Waals surface area contributed by atoms with Crippen molar-refractivity contribution < 1.29 is 32.2 Å². The van der Waals surface area contributed by atoms with Crippen molar-refractivity contribution in [3.8, 4) is 34.2 Å². The van der Waals surface area contributed by atoms with E-state index in [0.29, 0.717) is 59.6 Å². The Labute approximate surface area is 198 Å². The molecule has 0 amide bonds. The zero-order chi connectivity index (χ0) is 24.7. The van der Waals surface area contributed by atoms with Crippen LogP contribution in [0.15, 0.2) is 40.9 Å². The molecule has 0 saturated heterocycles. The molecule has 182 valence electrons. The van der Waals surface area contributed by atoms with Crippen LogP contribution in [-0.4, -0.2) is 38.6 Å². The second-order valence-corrected chi connectivity index (χ2v) is 8.22. The lowest BCUT2D eigenvalue weighted by atomic mass is 9.93. The summed E-state index contributed by atoms with van der Waals surface area (Å²) in [5.74, 6) is -2.23. The summed E-state index contributed by atoms with van der Waals surface area (Å²) < 4.78 is 59.7. The van der Waals surface area contributed by atoms with Crippen LogP contribution in [0.2, 0.25) is 0 Å². The predicted octanol–water partition coefficient (Wildman–Crippen LogP) is 4.39. The van der Waals surface area contributed by atoms with Crippen molar-refractivity contribution in [2.45, 2.75) is 31.9 Å². The monoisotopic (exact) mass is 486 g/mol. The summed E-state index contributed by atoms with van der Waals surface area (Å²) in [5.41, 5.74) is -0.0152. The number of aromatic nitrogens is 4. The highest BCUT2D eigenvalue weighted by Crippen LogP contribution is 2.39. The molecule has 0 saturated carbocycles. The van der Waals surface area contributed by atoms with Crippen molar-refractivity contribution in [3.05, 3.63) is 65.7 Å². The van der Waals surface area contributed by atoms with Crippen LogP contribution in [0.25, 0.3) is 22.7 Å². The molecule has 2 aromatic heterocycles. The van der Waals surface area contributed by atoms with Crippen LogP contribution >= 0.6 is 0 Å². The molecule has 1 atom stereocenters. The van der Waals surface area contributed by atoms with Crippen LogP contribution in [0, 0.1) is 24.4 Å². The third-order valence-corrected chi connectivity index (χ3v) is 5.99. The molecular formula is C24H21F3N4O4. The van der Waals surface area contributed by atoms with E-state index < -0.39 is 29.7 Å². The Morgan fingerprint density at radius 2 is 1.91 bits per heavy atom. The highest BCUT2D eigenvalue weighted by molar-refractivity contribution is 5.71. The van der Waals surface area contributed by atoms with E-state index in [1.807, 2.05) is 12.1 Å². The number of rotatable bonds is 6. The number of benzene rings is 2. The maximum Gasteiger partial charge on any atom is 0.194 e. The van der Waals surface area contributed by atoms with E-state index in [9.17, 15) is 18.3 Å². The Bertz CT molecular complexity index is 1380. The first-order chi connectivity index (χ1) is 16.8. The fourth-order valence-electron chi connectivity index (χ4n) is 4.32. The topological polar surface area (TPSA) is 95.4 Å². The van der Waals surface area contributed by atoms with Crippen molar-refractivity contribution in [1.82, 2.24) is 19.7 Å². The van der Waals surface area contributed by atoms with E-state index in [1.54, 1.807) is 23.8 Å². The van der Waals surface area contributed by atoms with Gasteiger partial charge in [0.25, 0.3) is 0 Å². The van der Waals surface area contributed by atoms with Gasteiger partial charge in [-0.1, -0.05) is 6.07 Å². The Morgan fingerprint density at radius 1 is 1.14 bits per heavy atom. The van der Waals surface area contributed by atoms with Gasteiger partial charge in [0.05, 0.1) is 25.5 Å². The number of methoxy groups -OCH3 is 1. The van der Waals surface area contributed by atoms with Gasteiger partial charge in [-0.3, -0.25) is 0 Å². The maximum atomic E-state index is 13.8. The third kappa shape index (κ3) is 3.91. The van der Waals surface area contributed by atoms with E-state index in [0.717, 1.165) is 12.1 Å². The van der Waals surface area contributed by atoms with Gasteiger partial charge in [-0.15, -0.1) is 10.2 Å². The summed E-state index contributed by atoms with van der Waals surface area (Å²) >= 11 is 0. The number of fused-ring (bicyclic) bond motifs is 1. The summed E-state index contributed by atoms with van der Waals surface area (Å²) in [5, 5.41) is 18.8. The molecule has 2 aromatic carbocycles. The zero-order valence-corrected chi connectivity index (χ0v) is 18.9. The van der Waals surface area contributed by atoms with Gasteiger partial charge < -0.3 is 23.6 Å². The van der Waals surface area contributed by atoms with Gasteiger partial charge in [-0.25, -0.2) is 18.2 Å². The summed E-state index contributed by atoms with van der Waals surface area (Å²) in [4.78, 5) is 4.12. The van der Waals surface area contributed by atoms with Gasteiger partial charge in [-0.2, -0.15) is 0 Å². The number of aliphatic hydroxyl groups is 1. The third-order valence-electron chi connectivity index (χ3n) is 5.99. The number of aliphatic hydroxyl groups excluding tert-OH is 1. The smallest absolute Gasteiger partial charge is 0.194 e. The van der Waals surface area contributed by atoms with E-state index >= 15 is 0 Å². The molecule has 1 N–H and O–H groups in total. The summed E-state index contributed by atoms with van der Waals surface area (Å²) in [6, 6.07) is 6.90. The van der Waals surface area contributed by atoms with Crippen LogP contribution < -0.4 is 9.47 Å². The molecule has 35 heavy (non-hydrogen) atoms. The fraction of sp³-hybridized carbons (Fsp3) is 0.292. The standard InChI is InChI=1S/C24H21F3N4O4/c1-13-28-11-20(34-13)16-5-4-14(8-19(16)33-2)22-29-30-23-24(12-32,6-3-7-31(22)23)35-15-9-17(25)21(27)18(26)10-15/h4-5,8-11,32H,3,6-7,12H2,1-2H3. The predicted molar refractivity (Wildman–Crippen MR) is 117 cm³/mol. The van der Waals surface area contributed by atoms with Gasteiger partial charge in [0.2, 0.25) is 0 Å². The molecule has 0 bridgehead atoms. The minimum Gasteiger partial charge on any atom is -0.496 e. The second-order valence-electron chi connectivity index (χ2n) is 8.22. The number of hydrogen-bond donors (Lipinski definition) is 1. The number of hydrogen-bond acceptors (Lipinski definition) is 7. The van der Waals surface area contributed by atoms with Gasteiger partial charge in [0.15, 0.2) is 46.4 Å². The maximum absolute atomic E-state index is 13.8. The molecule has 1 aliphatic heterocycles. The molecule has 0 aliphatic carbocycles. The van der Waals surface area contributed by atoms with E-state index in [-0.39, 0.29) is 5.75 Å². The van der Waals surface area contributed by atoms with Crippen molar-refractivity contribution in [1.29, 1.82) is 0 Å². The first-order valence-corrected chi connectivity index (χ1v) is 10.8. The lowest BCUT2D eigenvalue weighted by Gasteiger charge is -2.35. The second kappa shape index (κ2) is 8.73. The molecule has 0 radical (unpaired) electrons. The minimum absolute atomic E-state index is 0.262. The van der Waals surface area contributed by atoms with E-state index in [1.165, 1.54) is 7.11 Å². The Morgan fingerprint density at radius 3 is 2.57 bits per heavy atom. The highest BCUT2D eigenvalue weighted by Gasteiger charge is 2.43. The quantitative estimate of drug-likeness (QED) is 0.404. The molecule has 0 spiro atoms. The lowest BCUT2D eigenvalue weighted by molar-refractivity contribution is -0.0241. The summed E-state index contributed by atoms with van der Waals surface area (Å²) in [6.07, 6.45) is 2.49. The van der Waals surface area contributed by atoms with E-state index in [4.69, 9.17) is 13.9 Å². The molecule has 0 fully saturated rings. The molecular weight excluding hydrogens is 465 g/mol. The zero-order valence-electron chi connectivity index (χ0n) is 18.9. The number of ether oxygens (including phenoxy) is 2. The van der Waals surface area contributed by atoms with Gasteiger partial charge in [0, 0.05) is 31.2 Å². The van der Waals surface area contributed by atoms with Crippen molar-refractivity contribution in [3.63, 3.8) is 0 Å². The van der Waals surface area contributed by atoms with Crippen LogP contribution in [0.3, 0.4) is 0 Å². The highest BCUT2D eigenvalue weighted by atomic mass is 19.2. The average Bonchev–Trinajstić information content (AvgIpc) is 3.49. The Hall–Kier alpha value is -3.86. The first kappa shape index (κ1) is 22.9. The van der Waals surface area contributed by atoms with Crippen LogP contribution in [0.4, 0.5) is 13.2 Å². The van der Waals surface area contributed by atoms with Gasteiger partial charge in [-0.05, 0) is 25.0 Å². The van der Waals surface area contributed by atoms with Crippen molar-refractivity contribution in [2.24, 2.45) is 0 Å².